The van der Waals surface area contributed by atoms with Crippen molar-refractivity contribution in [3.63, 3.8) is 0 Å². The fraction of sp³-hybridized carbons (Fsp3) is 0.310. The number of esters is 6. The molecule has 0 aromatic heterocycles. The Balaban J connectivity index is 0.760. The van der Waals surface area contributed by atoms with Crippen molar-refractivity contribution in [2.75, 3.05) is 37.3 Å². The second-order valence-corrected chi connectivity index (χ2v) is 26.2. The van der Waals surface area contributed by atoms with E-state index >= 15 is 0 Å². The number of hydrogen-bond acceptors (Lipinski definition) is 16. The first-order valence-corrected chi connectivity index (χ1v) is 34.9. The summed E-state index contributed by atoms with van der Waals surface area (Å²) >= 11 is 0. The Morgan fingerprint density at radius 1 is 0.390 bits per heavy atom. The van der Waals surface area contributed by atoms with Crippen molar-refractivity contribution in [3.8, 4) is 11.5 Å². The molecule has 2 N–H and O–H groups in total. The molecule has 0 unspecified atom stereocenters. The molecule has 2 aliphatic rings. The SMILES string of the molecule is C=C(C)C(=O)OCCCCOC(=O)C1CCC(C(=O)Oc2c(/C=N/Nc3ccc4ccccc4c3)cc(CCc3ccc(CCc4cc(/C=N/Nc5ccc6ccccc6c5)c(OC(=O)C5CCC(C(=O)OCCCCOC(=O)C(=C)C)CC5)c5ccccc45)cc3)c3ccccc23)CC1. The molecule has 0 radical (unpaired) electrons. The zero-order chi connectivity index (χ0) is 69.7. The van der Waals surface area contributed by atoms with E-state index in [0.717, 1.165) is 89.6 Å². The Hall–Kier alpha value is -10.7. The highest BCUT2D eigenvalue weighted by Gasteiger charge is 2.34. The summed E-state index contributed by atoms with van der Waals surface area (Å²) in [6.07, 6.45) is 12.5. The van der Waals surface area contributed by atoms with E-state index in [2.05, 4.69) is 96.8 Å². The summed E-state index contributed by atoms with van der Waals surface area (Å²) < 4.78 is 34.4. The second kappa shape index (κ2) is 34.7. The van der Waals surface area contributed by atoms with Crippen molar-refractivity contribution in [1.29, 1.82) is 0 Å². The van der Waals surface area contributed by atoms with Crippen LogP contribution in [0.4, 0.5) is 11.4 Å². The molecule has 0 heterocycles. The number of hydrazone groups is 2. The number of anilines is 2. The number of carbonyl (C=O) groups excluding carboxylic acids is 6. The Kier molecular flexibility index (Phi) is 24.5. The summed E-state index contributed by atoms with van der Waals surface area (Å²) in [5, 5.41) is 17.3. The molecule has 0 saturated heterocycles. The Morgan fingerprint density at radius 3 is 1.09 bits per heavy atom. The van der Waals surface area contributed by atoms with Gasteiger partial charge in [-0.15, -0.1) is 0 Å². The molecule has 100 heavy (non-hydrogen) atoms. The van der Waals surface area contributed by atoms with E-state index in [-0.39, 0.29) is 62.1 Å². The van der Waals surface area contributed by atoms with Crippen LogP contribution in [0, 0.1) is 23.7 Å². The van der Waals surface area contributed by atoms with Gasteiger partial charge in [0.05, 0.1) is 73.9 Å². The van der Waals surface area contributed by atoms with Crippen molar-refractivity contribution in [1.82, 2.24) is 0 Å². The number of carbonyl (C=O) groups is 6. The van der Waals surface area contributed by atoms with Crippen molar-refractivity contribution < 1.29 is 57.2 Å². The van der Waals surface area contributed by atoms with Crippen LogP contribution >= 0.6 is 0 Å². The van der Waals surface area contributed by atoms with Crippen LogP contribution < -0.4 is 20.3 Å². The number of ether oxygens (including phenoxy) is 6. The minimum atomic E-state index is -0.437. The highest BCUT2D eigenvalue weighted by atomic mass is 16.6. The maximum atomic E-state index is 14.3. The number of fused-ring (bicyclic) bond motifs is 4. The molecule has 0 amide bonds. The van der Waals surface area contributed by atoms with Crippen LogP contribution in [0.25, 0.3) is 43.1 Å². The van der Waals surface area contributed by atoms with E-state index in [0.29, 0.717) is 124 Å². The zero-order valence-corrected chi connectivity index (χ0v) is 57.0. The van der Waals surface area contributed by atoms with Gasteiger partial charge in [-0.1, -0.05) is 147 Å². The average Bonchev–Trinajstić information content (AvgIpc) is 0.784. The Bertz CT molecular complexity index is 4240. The van der Waals surface area contributed by atoms with Crippen molar-refractivity contribution >= 4 is 103 Å². The third kappa shape index (κ3) is 18.9. The fourth-order valence-corrected chi connectivity index (χ4v) is 13.1. The standard InChI is InChI=1S/C84H86N4O12/c1-55(2)79(89)95-45-13-15-47-97-81(91)61-33-37-63(38-34-61)83(93)99-77-69(53-85-87-71-43-41-59-17-5-7-19-65(59)51-71)49-67(73-21-9-11-23-75(73)77)31-29-57-25-27-58(28-26-57)30-32-68-50-70(54-86-88-72-44-42-60-18-6-8-20-66(60)52-72)78(76-24-12-10-22-74(68)76)100-84(94)64-39-35-62(36-40-64)82(92)98-48-16-14-46-96-80(90)56(3)4/h5-12,17-28,41-44,49-54,61-64,87-88H,1,3,13-16,29-40,45-48H2,2,4H3/b85-53+,86-54+. The zero-order valence-electron chi connectivity index (χ0n) is 57.0. The molecule has 0 atom stereocenters. The normalized spacial score (nSPS) is 16.1. The van der Waals surface area contributed by atoms with Crippen LogP contribution in [0.5, 0.6) is 11.5 Å². The maximum Gasteiger partial charge on any atom is 0.333 e. The lowest BCUT2D eigenvalue weighted by molar-refractivity contribution is -0.152. The molecule has 0 spiro atoms. The summed E-state index contributed by atoms with van der Waals surface area (Å²) in [7, 11) is 0. The molecule has 2 aliphatic carbocycles. The highest BCUT2D eigenvalue weighted by molar-refractivity contribution is 6.03. The monoisotopic (exact) mass is 1340 g/mol. The van der Waals surface area contributed by atoms with Crippen LogP contribution in [0.15, 0.2) is 204 Å². The largest absolute Gasteiger partial charge is 0.465 e. The Morgan fingerprint density at radius 2 is 0.720 bits per heavy atom. The smallest absolute Gasteiger partial charge is 0.333 e. The van der Waals surface area contributed by atoms with Crippen LogP contribution in [-0.4, -0.2) is 74.7 Å². The molecular weight excluding hydrogens is 1260 g/mol. The van der Waals surface area contributed by atoms with Gasteiger partial charge in [0.2, 0.25) is 0 Å². The van der Waals surface area contributed by atoms with Crippen LogP contribution in [-0.2, 0) is 73.4 Å². The van der Waals surface area contributed by atoms with Crippen LogP contribution in [0.1, 0.15) is 124 Å². The topological polar surface area (TPSA) is 207 Å². The molecule has 11 rings (SSSR count). The summed E-state index contributed by atoms with van der Waals surface area (Å²) in [6, 6.07) is 57.3. The highest BCUT2D eigenvalue weighted by Crippen LogP contribution is 2.39. The maximum absolute atomic E-state index is 14.3. The molecule has 9 aromatic carbocycles. The molecule has 2 fully saturated rings. The molecule has 0 bridgehead atoms. The lowest BCUT2D eigenvalue weighted by Gasteiger charge is -2.26. The Labute approximate surface area is 583 Å². The van der Waals surface area contributed by atoms with Gasteiger partial charge in [-0.3, -0.25) is 30.0 Å². The van der Waals surface area contributed by atoms with Gasteiger partial charge in [-0.25, -0.2) is 9.59 Å². The van der Waals surface area contributed by atoms with Gasteiger partial charge >= 0.3 is 35.8 Å². The van der Waals surface area contributed by atoms with E-state index < -0.39 is 23.8 Å². The number of hydrogen-bond donors (Lipinski definition) is 2. The first-order chi connectivity index (χ1) is 48.7. The number of benzene rings is 9. The van der Waals surface area contributed by atoms with E-state index in [1.165, 1.54) is 0 Å². The molecule has 16 heteroatoms. The molecular formula is C84H86N4O12. The van der Waals surface area contributed by atoms with Crippen molar-refractivity contribution in [2.45, 2.75) is 117 Å². The number of aryl methyl sites for hydroxylation is 4. The number of nitrogens with zero attached hydrogens (tertiary/aromatic N) is 2. The quantitative estimate of drug-likeness (QED) is 0.00817. The van der Waals surface area contributed by atoms with Crippen LogP contribution in [0.3, 0.4) is 0 Å². The lowest BCUT2D eigenvalue weighted by atomic mass is 9.82. The summed E-state index contributed by atoms with van der Waals surface area (Å²) in [5.74, 6) is -2.71. The first kappa shape index (κ1) is 70.6. The van der Waals surface area contributed by atoms with E-state index in [1.807, 2.05) is 97.1 Å². The second-order valence-electron chi connectivity index (χ2n) is 26.2. The molecule has 16 nitrogen and oxygen atoms in total. The minimum Gasteiger partial charge on any atom is -0.465 e. The van der Waals surface area contributed by atoms with E-state index in [9.17, 15) is 28.8 Å². The minimum absolute atomic E-state index is 0.227. The number of rotatable bonds is 30. The van der Waals surface area contributed by atoms with Crippen molar-refractivity contribution in [3.05, 3.63) is 228 Å². The van der Waals surface area contributed by atoms with Crippen LogP contribution in [0.2, 0.25) is 0 Å². The van der Waals surface area contributed by atoms with Gasteiger partial charge in [0.25, 0.3) is 0 Å². The fourth-order valence-electron chi connectivity index (χ4n) is 13.1. The third-order valence-electron chi connectivity index (χ3n) is 18.8. The number of unbranched alkanes of at least 4 members (excludes halogenated alkanes) is 2. The van der Waals surface area contributed by atoms with Gasteiger partial charge < -0.3 is 28.4 Å². The first-order valence-electron chi connectivity index (χ1n) is 34.9. The average molecular weight is 1340 g/mol. The predicted molar refractivity (Wildman–Crippen MR) is 394 cm³/mol. The van der Waals surface area contributed by atoms with E-state index in [4.69, 9.17) is 38.6 Å². The molecule has 9 aromatic rings. The summed E-state index contributed by atoms with van der Waals surface area (Å²) in [4.78, 5) is 78.0. The summed E-state index contributed by atoms with van der Waals surface area (Å²) in [5.41, 5.74) is 14.5. The number of nitrogens with one attached hydrogen (secondary N) is 2. The van der Waals surface area contributed by atoms with E-state index in [1.54, 1.807) is 26.3 Å². The van der Waals surface area contributed by atoms with Crippen molar-refractivity contribution in [2.24, 2.45) is 33.9 Å². The molecule has 2 saturated carbocycles. The van der Waals surface area contributed by atoms with Gasteiger partial charge in [-0.05, 0) is 208 Å². The lowest BCUT2D eigenvalue weighted by Crippen LogP contribution is -2.29. The summed E-state index contributed by atoms with van der Waals surface area (Å²) in [6.45, 7) is 11.3. The van der Waals surface area contributed by atoms with Gasteiger partial charge in [0, 0.05) is 33.0 Å². The van der Waals surface area contributed by atoms with Gasteiger partial charge in [0.15, 0.2) is 0 Å². The third-order valence-corrected chi connectivity index (χ3v) is 18.8. The van der Waals surface area contributed by atoms with Gasteiger partial charge in [0.1, 0.15) is 11.5 Å². The molecule has 514 valence electrons. The van der Waals surface area contributed by atoms with Gasteiger partial charge in [-0.2, -0.15) is 10.2 Å². The predicted octanol–water partition coefficient (Wildman–Crippen LogP) is 17.1. The molecule has 0 aliphatic heterocycles.